The van der Waals surface area contributed by atoms with Crippen LogP contribution in [0.15, 0.2) is 119 Å². The fourth-order valence-corrected chi connectivity index (χ4v) is 8.98. The van der Waals surface area contributed by atoms with Crippen LogP contribution < -0.4 is 11.1 Å². The summed E-state index contributed by atoms with van der Waals surface area (Å²) in [7, 11) is 0. The van der Waals surface area contributed by atoms with Crippen LogP contribution in [0.5, 0.6) is 0 Å². The summed E-state index contributed by atoms with van der Waals surface area (Å²) in [5, 5.41) is 42.6. The van der Waals surface area contributed by atoms with Gasteiger partial charge in [0.2, 0.25) is 0 Å². The molecule has 0 saturated carbocycles. The van der Waals surface area contributed by atoms with Gasteiger partial charge in [-0.3, -0.25) is 39.0 Å². The van der Waals surface area contributed by atoms with E-state index in [1.165, 1.54) is 90.4 Å². The molecule has 4 aromatic heterocycles. The maximum absolute atomic E-state index is 13.2. The number of halogens is 1. The Hall–Kier alpha value is -7.63. The summed E-state index contributed by atoms with van der Waals surface area (Å²) >= 11 is 5.54. The van der Waals surface area contributed by atoms with Crippen LogP contribution in [0, 0.1) is 42.9 Å². The number of hydrogen-bond donors (Lipinski definition) is 1. The number of H-pyrrole nitrogens is 1. The molecule has 2 aliphatic rings. The number of benzene rings is 4. The number of likely N-dealkylation sites (tertiary alicyclic amines) is 2. The number of aromatic nitrogens is 4. The Morgan fingerprint density at radius 1 is 0.591 bits per heavy atom. The summed E-state index contributed by atoms with van der Waals surface area (Å²) in [4.78, 5) is 55.0. The van der Waals surface area contributed by atoms with E-state index >= 15 is 0 Å². The molecule has 17 heteroatoms. The molecular formula is C49H47ClN10O6. The first-order chi connectivity index (χ1) is 31.6. The Kier molecular flexibility index (Phi) is 14.4. The zero-order chi connectivity index (χ0) is 45.6. The van der Waals surface area contributed by atoms with E-state index in [1.807, 2.05) is 60.7 Å². The quantitative estimate of drug-likeness (QED) is 0.0826. The Morgan fingerprint density at radius 3 is 1.61 bits per heavy atom. The van der Waals surface area contributed by atoms with Gasteiger partial charge in [-0.1, -0.05) is 43.8 Å². The fourth-order valence-electron chi connectivity index (χ4n) is 8.74. The Morgan fingerprint density at radius 2 is 1.08 bits per heavy atom. The van der Waals surface area contributed by atoms with E-state index in [2.05, 4.69) is 19.4 Å². The number of alkyl halides is 1. The molecule has 336 valence electrons. The molecule has 16 nitrogen and oxygen atoms in total. The molecule has 6 heterocycles. The van der Waals surface area contributed by atoms with Crippen LogP contribution in [-0.4, -0.2) is 83.5 Å². The van der Waals surface area contributed by atoms with Crippen LogP contribution in [0.25, 0.3) is 55.2 Å². The predicted molar refractivity (Wildman–Crippen MR) is 258 cm³/mol. The second kappa shape index (κ2) is 20.5. The van der Waals surface area contributed by atoms with Gasteiger partial charge in [0.1, 0.15) is 23.3 Å². The van der Waals surface area contributed by atoms with E-state index in [0.29, 0.717) is 27.9 Å². The number of nitrogens with zero attached hydrogens (tertiary/aromatic N) is 9. The normalized spacial score (nSPS) is 13.7. The van der Waals surface area contributed by atoms with Gasteiger partial charge >= 0.3 is 0 Å². The van der Waals surface area contributed by atoms with Gasteiger partial charge in [-0.2, -0.15) is 10.5 Å². The summed E-state index contributed by atoms with van der Waals surface area (Å²) < 4.78 is 5.09. The zero-order valence-corrected chi connectivity index (χ0v) is 36.0. The molecule has 4 aromatic carbocycles. The van der Waals surface area contributed by atoms with Crippen molar-refractivity contribution in [1.29, 1.82) is 10.5 Å². The Labute approximate surface area is 384 Å². The highest BCUT2D eigenvalue weighted by atomic mass is 35.5. The van der Waals surface area contributed by atoms with Crippen molar-refractivity contribution in [2.75, 3.05) is 45.1 Å². The number of aromatic amines is 1. The molecule has 2 saturated heterocycles. The third kappa shape index (κ3) is 9.29. The summed E-state index contributed by atoms with van der Waals surface area (Å²) in [5.41, 5.74) is 4.60. The maximum atomic E-state index is 13.2. The van der Waals surface area contributed by atoms with E-state index < -0.39 is 21.0 Å². The number of nitro groups is 2. The summed E-state index contributed by atoms with van der Waals surface area (Å²) in [6.07, 6.45) is 5.17. The predicted octanol–water partition coefficient (Wildman–Crippen LogP) is 9.03. The molecule has 10 rings (SSSR count). The molecule has 8 aromatic rings. The molecule has 0 amide bonds. The van der Waals surface area contributed by atoms with E-state index in [4.69, 9.17) is 11.6 Å². The van der Waals surface area contributed by atoms with Gasteiger partial charge in [0, 0.05) is 77.4 Å². The number of para-hydroxylation sites is 2. The second-order valence-corrected chi connectivity index (χ2v) is 16.2. The van der Waals surface area contributed by atoms with E-state index in [1.54, 1.807) is 18.2 Å². The number of nitriles is 2. The first-order valence-corrected chi connectivity index (χ1v) is 21.8. The van der Waals surface area contributed by atoms with Crippen molar-refractivity contribution in [3.8, 4) is 23.5 Å². The standard InChI is InChI=1S/C24H21N5O3.C18H10N4O3.C6H12ClN.CH4/c25-16-17-15-22-23(28(24(17)30)18-7-9-19(10-8-18)29(31)32)20-5-1-2-6-21(20)27(22)14-13-26-11-3-4-12-26;19-10-11-9-16-17(14-3-1-2-4-15(14)20-16)21(18(11)23)12-5-7-13(8-6-12)22(24)25;7-3-6-8-4-1-2-5-8;/h1-2,5-10,15H,3-4,11-14H2;1-9,20H;1-6H2;1H4. The van der Waals surface area contributed by atoms with Crippen molar-refractivity contribution in [2.24, 2.45) is 0 Å². The molecule has 0 atom stereocenters. The van der Waals surface area contributed by atoms with Crippen molar-refractivity contribution in [1.82, 2.24) is 28.5 Å². The van der Waals surface area contributed by atoms with Crippen molar-refractivity contribution < 1.29 is 9.85 Å². The summed E-state index contributed by atoms with van der Waals surface area (Å²) in [6, 6.07) is 34.0. The molecule has 0 spiro atoms. The lowest BCUT2D eigenvalue weighted by Crippen LogP contribution is -2.24. The van der Waals surface area contributed by atoms with Crippen molar-refractivity contribution in [3.05, 3.63) is 161 Å². The van der Waals surface area contributed by atoms with Gasteiger partial charge in [0.15, 0.2) is 0 Å². The first-order valence-electron chi connectivity index (χ1n) is 21.3. The second-order valence-electron chi connectivity index (χ2n) is 15.8. The highest BCUT2D eigenvalue weighted by Gasteiger charge is 2.21. The lowest BCUT2D eigenvalue weighted by Gasteiger charge is -2.16. The Bertz CT molecular complexity index is 3280. The molecule has 0 unspecified atom stereocenters. The van der Waals surface area contributed by atoms with Gasteiger partial charge < -0.3 is 19.4 Å². The van der Waals surface area contributed by atoms with Crippen molar-refractivity contribution >= 4 is 66.8 Å². The smallest absolute Gasteiger partial charge is 0.273 e. The molecule has 0 aliphatic carbocycles. The fraction of sp³-hybridized carbons (Fsp3) is 0.265. The molecule has 0 radical (unpaired) electrons. The number of hydrogen-bond acceptors (Lipinski definition) is 10. The van der Waals surface area contributed by atoms with Gasteiger partial charge in [-0.05, 0) is 100 Å². The SMILES string of the molecule is C.ClCCN1CCCC1.N#Cc1cc2[nH]c3ccccc3c2n(-c2ccc([N+](=O)[O-])cc2)c1=O.N#Cc1cc2c(c3ccccc3n2CCN2CCCC2)n(-c2ccc([N+](=O)[O-])cc2)c1=O. The van der Waals surface area contributed by atoms with E-state index in [9.17, 15) is 40.3 Å². The summed E-state index contributed by atoms with van der Waals surface area (Å²) in [6.45, 7) is 7.45. The third-order valence-electron chi connectivity index (χ3n) is 11.9. The van der Waals surface area contributed by atoms with Gasteiger partial charge in [-0.25, -0.2) is 0 Å². The highest BCUT2D eigenvalue weighted by molar-refractivity contribution is 6.18. The minimum Gasteiger partial charge on any atom is -0.353 e. The lowest BCUT2D eigenvalue weighted by atomic mass is 10.2. The van der Waals surface area contributed by atoms with Gasteiger partial charge in [0.05, 0.1) is 37.4 Å². The average molecular weight is 907 g/mol. The van der Waals surface area contributed by atoms with Crippen LogP contribution in [0.4, 0.5) is 11.4 Å². The number of rotatable bonds is 9. The lowest BCUT2D eigenvalue weighted by molar-refractivity contribution is -0.385. The van der Waals surface area contributed by atoms with Crippen molar-refractivity contribution in [2.45, 2.75) is 39.7 Å². The number of fused-ring (bicyclic) bond motifs is 6. The molecule has 2 aliphatic heterocycles. The maximum Gasteiger partial charge on any atom is 0.273 e. The van der Waals surface area contributed by atoms with E-state index in [0.717, 1.165) is 65.9 Å². The largest absolute Gasteiger partial charge is 0.353 e. The van der Waals surface area contributed by atoms with E-state index in [-0.39, 0.29) is 29.9 Å². The number of pyridine rings is 2. The van der Waals surface area contributed by atoms with Crippen molar-refractivity contribution in [3.63, 3.8) is 0 Å². The highest BCUT2D eigenvalue weighted by Crippen LogP contribution is 2.32. The monoisotopic (exact) mass is 906 g/mol. The van der Waals surface area contributed by atoms with Crippen LogP contribution in [0.1, 0.15) is 44.2 Å². The number of nitrogens with one attached hydrogen (secondary N) is 1. The van der Waals surface area contributed by atoms with Crippen LogP contribution in [0.2, 0.25) is 0 Å². The van der Waals surface area contributed by atoms with Crippen LogP contribution in [-0.2, 0) is 6.54 Å². The molecule has 2 fully saturated rings. The number of non-ortho nitro benzene ring substituents is 2. The summed E-state index contributed by atoms with van der Waals surface area (Å²) in [5.74, 6) is 0.792. The molecular weight excluding hydrogens is 860 g/mol. The molecule has 1 N–H and O–H groups in total. The van der Waals surface area contributed by atoms with Crippen LogP contribution in [0.3, 0.4) is 0 Å². The Balaban J connectivity index is 0.000000169. The minimum atomic E-state index is -0.500. The zero-order valence-electron chi connectivity index (χ0n) is 35.2. The topological polar surface area (TPSA) is 205 Å². The molecule has 0 bridgehead atoms. The average Bonchev–Trinajstić information content (AvgIpc) is 4.16. The number of nitro benzene ring substituents is 2. The van der Waals surface area contributed by atoms with Crippen LogP contribution >= 0.6 is 11.6 Å². The molecule has 66 heavy (non-hydrogen) atoms. The van der Waals surface area contributed by atoms with Gasteiger partial charge in [0.25, 0.3) is 22.5 Å². The van der Waals surface area contributed by atoms with Gasteiger partial charge in [-0.15, -0.1) is 11.6 Å². The third-order valence-corrected chi connectivity index (χ3v) is 12.1. The first kappa shape index (κ1) is 46.4. The minimum absolute atomic E-state index is 0.